The maximum absolute atomic E-state index is 13.0. The van der Waals surface area contributed by atoms with E-state index >= 15 is 0 Å². The Kier molecular flexibility index (Phi) is 5.66. The molecule has 0 aliphatic carbocycles. The van der Waals surface area contributed by atoms with Crippen LogP contribution in [0, 0.1) is 17.0 Å². The van der Waals surface area contributed by atoms with Crippen LogP contribution in [0.15, 0.2) is 65.6 Å². The number of hydrogen-bond donors (Lipinski definition) is 0. The predicted molar refractivity (Wildman–Crippen MR) is 116 cm³/mol. The molecule has 1 saturated heterocycles. The molecule has 4 rings (SSSR count). The van der Waals surface area contributed by atoms with Crippen molar-refractivity contribution in [3.8, 4) is 11.3 Å². The van der Waals surface area contributed by atoms with Gasteiger partial charge in [-0.15, -0.1) is 10.2 Å². The first-order chi connectivity index (χ1) is 14.9. The van der Waals surface area contributed by atoms with Gasteiger partial charge < -0.3 is 4.90 Å². The van der Waals surface area contributed by atoms with E-state index < -0.39 is 20.6 Å². The van der Waals surface area contributed by atoms with Gasteiger partial charge in [-0.25, -0.2) is 8.42 Å². The van der Waals surface area contributed by atoms with Gasteiger partial charge in [-0.1, -0.05) is 36.4 Å². The predicted octanol–water partition coefficient (Wildman–Crippen LogP) is 2.87. The van der Waals surface area contributed by atoms with Crippen LogP contribution in [-0.4, -0.2) is 54.0 Å². The number of nitrogens with zero attached hydrogens (tertiary/aromatic N) is 5. The third-order valence-electron chi connectivity index (χ3n) is 5.31. The maximum Gasteiger partial charge on any atom is 0.289 e. The summed E-state index contributed by atoms with van der Waals surface area (Å²) >= 11 is 0. The molecule has 0 saturated carbocycles. The van der Waals surface area contributed by atoms with Gasteiger partial charge in [0, 0.05) is 37.8 Å². The second kappa shape index (κ2) is 8.40. The molecule has 2 aromatic carbocycles. The van der Waals surface area contributed by atoms with Crippen molar-refractivity contribution < 1.29 is 13.3 Å². The van der Waals surface area contributed by atoms with Gasteiger partial charge in [0.1, 0.15) is 0 Å². The molecule has 10 heteroatoms. The first kappa shape index (κ1) is 20.9. The standard InChI is InChI=1S/C21H21N5O4S/c1-16-6-2-3-7-17(16)18-10-11-21(23-22-18)24-12-14-25(15-13-24)31(29,30)20-9-5-4-8-19(20)26(27)28/h2-11H,12-15H2,1H3. The summed E-state index contributed by atoms with van der Waals surface area (Å²) in [6.45, 7) is 3.25. The Hall–Kier alpha value is -3.37. The van der Waals surface area contributed by atoms with Crippen LogP contribution in [0.25, 0.3) is 11.3 Å². The molecule has 0 atom stereocenters. The van der Waals surface area contributed by atoms with E-state index in [1.165, 1.54) is 28.6 Å². The minimum atomic E-state index is -3.96. The highest BCUT2D eigenvalue weighted by Crippen LogP contribution is 2.28. The fraction of sp³-hybridized carbons (Fsp3) is 0.238. The molecule has 9 nitrogen and oxygen atoms in total. The molecule has 31 heavy (non-hydrogen) atoms. The molecule has 1 aromatic heterocycles. The monoisotopic (exact) mass is 439 g/mol. The number of rotatable bonds is 5. The third-order valence-corrected chi connectivity index (χ3v) is 7.26. The van der Waals surface area contributed by atoms with Gasteiger partial charge in [0.25, 0.3) is 5.69 Å². The van der Waals surface area contributed by atoms with Gasteiger partial charge >= 0.3 is 0 Å². The van der Waals surface area contributed by atoms with E-state index in [9.17, 15) is 18.5 Å². The van der Waals surface area contributed by atoms with E-state index in [1.54, 1.807) is 0 Å². The van der Waals surface area contributed by atoms with Crippen molar-refractivity contribution in [3.05, 3.63) is 76.3 Å². The van der Waals surface area contributed by atoms with Crippen LogP contribution < -0.4 is 4.90 Å². The van der Waals surface area contributed by atoms with Gasteiger partial charge in [0.2, 0.25) is 10.0 Å². The number of piperazine rings is 1. The van der Waals surface area contributed by atoms with Crippen molar-refractivity contribution in [2.24, 2.45) is 0 Å². The third kappa shape index (κ3) is 4.12. The van der Waals surface area contributed by atoms with E-state index in [0.717, 1.165) is 16.8 Å². The highest BCUT2D eigenvalue weighted by molar-refractivity contribution is 7.89. The molecule has 0 N–H and O–H groups in total. The topological polar surface area (TPSA) is 110 Å². The molecule has 2 heterocycles. The molecule has 3 aromatic rings. The summed E-state index contributed by atoms with van der Waals surface area (Å²) in [7, 11) is -3.96. The molecule has 0 spiro atoms. The van der Waals surface area contributed by atoms with Crippen molar-refractivity contribution in [3.63, 3.8) is 0 Å². The summed E-state index contributed by atoms with van der Waals surface area (Å²) in [5.74, 6) is 0.667. The first-order valence-electron chi connectivity index (χ1n) is 9.76. The van der Waals surface area contributed by atoms with Crippen LogP contribution >= 0.6 is 0 Å². The lowest BCUT2D eigenvalue weighted by molar-refractivity contribution is -0.387. The Morgan fingerprint density at radius 2 is 1.58 bits per heavy atom. The number of para-hydroxylation sites is 1. The number of hydrogen-bond acceptors (Lipinski definition) is 7. The van der Waals surface area contributed by atoms with Crippen LogP contribution in [0.3, 0.4) is 0 Å². The molecule has 1 aliphatic rings. The SMILES string of the molecule is Cc1ccccc1-c1ccc(N2CCN(S(=O)(=O)c3ccccc3[N+](=O)[O-])CC2)nn1. The second-order valence-corrected chi connectivity index (χ2v) is 9.11. The summed E-state index contributed by atoms with van der Waals surface area (Å²) < 4.78 is 27.2. The summed E-state index contributed by atoms with van der Waals surface area (Å²) in [5.41, 5.74) is 2.49. The fourth-order valence-electron chi connectivity index (χ4n) is 3.62. The quantitative estimate of drug-likeness (QED) is 0.444. The molecule has 1 fully saturated rings. The zero-order chi connectivity index (χ0) is 22.0. The molecule has 0 bridgehead atoms. The smallest absolute Gasteiger partial charge is 0.289 e. The molecular weight excluding hydrogens is 418 g/mol. The molecule has 160 valence electrons. The van der Waals surface area contributed by atoms with Crippen LogP contribution in [-0.2, 0) is 10.0 Å². The van der Waals surface area contributed by atoms with Crippen molar-refractivity contribution in [2.45, 2.75) is 11.8 Å². The molecule has 0 amide bonds. The van der Waals surface area contributed by atoms with Crippen molar-refractivity contribution in [1.29, 1.82) is 0 Å². The minimum Gasteiger partial charge on any atom is -0.352 e. The van der Waals surface area contributed by atoms with Crippen LogP contribution in [0.4, 0.5) is 11.5 Å². The summed E-state index contributed by atoms with van der Waals surface area (Å²) in [6, 6.07) is 17.1. The fourth-order valence-corrected chi connectivity index (χ4v) is 5.20. The zero-order valence-corrected chi connectivity index (χ0v) is 17.7. The maximum atomic E-state index is 13.0. The van der Waals surface area contributed by atoms with Gasteiger partial charge in [0.15, 0.2) is 10.7 Å². The average molecular weight is 439 g/mol. The number of aromatic nitrogens is 2. The van der Waals surface area contributed by atoms with Gasteiger partial charge in [-0.05, 0) is 30.7 Å². The van der Waals surface area contributed by atoms with Crippen molar-refractivity contribution >= 4 is 21.5 Å². The molecule has 1 aliphatic heterocycles. The van der Waals surface area contributed by atoms with Crippen LogP contribution in [0.2, 0.25) is 0 Å². The lowest BCUT2D eigenvalue weighted by Crippen LogP contribution is -2.49. The summed E-state index contributed by atoms with van der Waals surface area (Å²) in [6.07, 6.45) is 0. The Morgan fingerprint density at radius 3 is 2.23 bits per heavy atom. The van der Waals surface area contributed by atoms with E-state index in [2.05, 4.69) is 10.2 Å². The van der Waals surface area contributed by atoms with E-state index in [-0.39, 0.29) is 18.0 Å². The normalized spacial score (nSPS) is 15.1. The Bertz CT molecular complexity index is 1210. The number of aryl methyl sites for hydroxylation is 1. The zero-order valence-electron chi connectivity index (χ0n) is 16.9. The molecular formula is C21H21N5O4S. The van der Waals surface area contributed by atoms with E-state index in [4.69, 9.17) is 0 Å². The number of nitro groups is 1. The lowest BCUT2D eigenvalue weighted by atomic mass is 10.1. The summed E-state index contributed by atoms with van der Waals surface area (Å²) in [5, 5.41) is 19.9. The number of nitro benzene ring substituents is 1. The van der Waals surface area contributed by atoms with Crippen LogP contribution in [0.5, 0.6) is 0 Å². The van der Waals surface area contributed by atoms with Crippen LogP contribution in [0.1, 0.15) is 5.56 Å². The number of sulfonamides is 1. The first-order valence-corrected chi connectivity index (χ1v) is 11.2. The average Bonchev–Trinajstić information content (AvgIpc) is 2.79. The van der Waals surface area contributed by atoms with Gasteiger partial charge in [-0.2, -0.15) is 4.31 Å². The molecule has 0 radical (unpaired) electrons. The van der Waals surface area contributed by atoms with Gasteiger partial charge in [0.05, 0.1) is 10.6 Å². The van der Waals surface area contributed by atoms with Crippen molar-refractivity contribution in [2.75, 3.05) is 31.1 Å². The van der Waals surface area contributed by atoms with Crippen molar-refractivity contribution in [1.82, 2.24) is 14.5 Å². The van der Waals surface area contributed by atoms with Gasteiger partial charge in [-0.3, -0.25) is 10.1 Å². The minimum absolute atomic E-state index is 0.204. The molecule has 0 unspecified atom stereocenters. The Morgan fingerprint density at radius 1 is 0.903 bits per heavy atom. The lowest BCUT2D eigenvalue weighted by Gasteiger charge is -2.34. The van der Waals surface area contributed by atoms with E-state index in [1.807, 2.05) is 48.2 Å². The Labute approximate surface area is 180 Å². The summed E-state index contributed by atoms with van der Waals surface area (Å²) in [4.78, 5) is 12.2. The Balaban J connectivity index is 1.48. The largest absolute Gasteiger partial charge is 0.352 e. The number of benzene rings is 2. The highest BCUT2D eigenvalue weighted by Gasteiger charge is 2.33. The highest BCUT2D eigenvalue weighted by atomic mass is 32.2. The van der Waals surface area contributed by atoms with E-state index in [0.29, 0.717) is 18.9 Å². The second-order valence-electron chi connectivity index (χ2n) is 7.21. The number of anilines is 1.